The molecule has 1 aromatic rings. The lowest BCUT2D eigenvalue weighted by Crippen LogP contribution is -2.52. The number of hydrogen-bond acceptors (Lipinski definition) is 4. The van der Waals surface area contributed by atoms with Gasteiger partial charge in [0, 0.05) is 48.9 Å². The summed E-state index contributed by atoms with van der Waals surface area (Å²) in [5, 5.41) is 6.38. The summed E-state index contributed by atoms with van der Waals surface area (Å²) in [6.07, 6.45) is 1.25. The van der Waals surface area contributed by atoms with Crippen molar-refractivity contribution in [1.29, 1.82) is 0 Å². The Morgan fingerprint density at radius 3 is 2.59 bits per heavy atom. The van der Waals surface area contributed by atoms with Crippen LogP contribution in [0, 0.1) is 0 Å². The molecule has 0 aliphatic carbocycles. The Balaban J connectivity index is 1.42. The molecule has 2 saturated heterocycles. The number of nitrogens with zero attached hydrogens (tertiary/aromatic N) is 2. The molecule has 2 N–H and O–H groups in total. The van der Waals surface area contributed by atoms with Gasteiger partial charge in [0.15, 0.2) is 0 Å². The molecular formula is C16H23BrN4O. The monoisotopic (exact) mass is 366 g/mol. The van der Waals surface area contributed by atoms with Gasteiger partial charge in [-0.1, -0.05) is 15.9 Å². The number of hydrogen-bond donors (Lipinski definition) is 2. The van der Waals surface area contributed by atoms with E-state index in [1.807, 2.05) is 24.3 Å². The van der Waals surface area contributed by atoms with Gasteiger partial charge in [-0.3, -0.25) is 14.6 Å². The third-order valence-electron chi connectivity index (χ3n) is 4.45. The molecule has 1 unspecified atom stereocenters. The van der Waals surface area contributed by atoms with Crippen molar-refractivity contribution in [2.45, 2.75) is 12.5 Å². The van der Waals surface area contributed by atoms with E-state index in [0.717, 1.165) is 49.4 Å². The van der Waals surface area contributed by atoms with Gasteiger partial charge >= 0.3 is 0 Å². The van der Waals surface area contributed by atoms with Gasteiger partial charge in [0.2, 0.25) is 5.91 Å². The maximum atomic E-state index is 12.1. The van der Waals surface area contributed by atoms with Crippen LogP contribution in [0.25, 0.3) is 0 Å². The second kappa shape index (κ2) is 7.55. The largest absolute Gasteiger partial charge is 0.325 e. The van der Waals surface area contributed by atoms with Crippen LogP contribution >= 0.6 is 15.9 Å². The zero-order valence-electron chi connectivity index (χ0n) is 12.7. The molecule has 1 atom stereocenters. The summed E-state index contributed by atoms with van der Waals surface area (Å²) in [6, 6.07) is 8.38. The van der Waals surface area contributed by atoms with Crippen LogP contribution in [0.3, 0.4) is 0 Å². The number of carbonyl (C=O) groups excluding carboxylic acids is 1. The molecular weight excluding hydrogens is 344 g/mol. The van der Waals surface area contributed by atoms with Crippen molar-refractivity contribution in [3.8, 4) is 0 Å². The fourth-order valence-electron chi connectivity index (χ4n) is 3.17. The minimum Gasteiger partial charge on any atom is -0.325 e. The minimum absolute atomic E-state index is 0.0679. The Morgan fingerprint density at radius 2 is 1.95 bits per heavy atom. The first kappa shape index (κ1) is 15.9. The summed E-state index contributed by atoms with van der Waals surface area (Å²) >= 11 is 3.39. The van der Waals surface area contributed by atoms with E-state index in [9.17, 15) is 4.79 Å². The van der Waals surface area contributed by atoms with Crippen molar-refractivity contribution in [2.24, 2.45) is 0 Å². The van der Waals surface area contributed by atoms with Gasteiger partial charge in [0.05, 0.1) is 6.54 Å². The van der Waals surface area contributed by atoms with Crippen molar-refractivity contribution in [1.82, 2.24) is 15.1 Å². The molecule has 0 spiro atoms. The fourth-order valence-corrected chi connectivity index (χ4v) is 3.44. The number of benzene rings is 1. The lowest BCUT2D eigenvalue weighted by molar-refractivity contribution is -0.117. The molecule has 0 aromatic heterocycles. The normalized spacial score (nSPS) is 23.6. The maximum absolute atomic E-state index is 12.1. The first-order valence-corrected chi connectivity index (χ1v) is 8.72. The van der Waals surface area contributed by atoms with E-state index >= 15 is 0 Å². The summed E-state index contributed by atoms with van der Waals surface area (Å²) in [7, 11) is 0. The lowest BCUT2D eigenvalue weighted by Gasteiger charge is -2.37. The van der Waals surface area contributed by atoms with E-state index in [1.54, 1.807) is 0 Å². The Kier molecular flexibility index (Phi) is 5.46. The Labute approximate surface area is 140 Å². The van der Waals surface area contributed by atoms with Gasteiger partial charge in [0.25, 0.3) is 0 Å². The highest BCUT2D eigenvalue weighted by atomic mass is 79.9. The molecule has 2 aliphatic heterocycles. The number of rotatable bonds is 4. The van der Waals surface area contributed by atoms with E-state index in [0.29, 0.717) is 12.6 Å². The Morgan fingerprint density at radius 1 is 1.23 bits per heavy atom. The molecule has 6 heteroatoms. The van der Waals surface area contributed by atoms with Crippen LogP contribution in [0.5, 0.6) is 0 Å². The summed E-state index contributed by atoms with van der Waals surface area (Å²) in [6.45, 7) is 6.82. The number of halogens is 1. The highest BCUT2D eigenvalue weighted by Gasteiger charge is 2.26. The van der Waals surface area contributed by atoms with Gasteiger partial charge in [-0.15, -0.1) is 0 Å². The molecule has 120 valence electrons. The molecule has 22 heavy (non-hydrogen) atoms. The Hall–Kier alpha value is -0.950. The molecule has 2 fully saturated rings. The number of amides is 1. The lowest BCUT2D eigenvalue weighted by atomic mass is 10.2. The van der Waals surface area contributed by atoms with Crippen molar-refractivity contribution in [3.63, 3.8) is 0 Å². The van der Waals surface area contributed by atoms with Crippen molar-refractivity contribution < 1.29 is 4.79 Å². The zero-order valence-corrected chi connectivity index (χ0v) is 14.3. The van der Waals surface area contributed by atoms with E-state index in [-0.39, 0.29) is 5.91 Å². The van der Waals surface area contributed by atoms with E-state index in [2.05, 4.69) is 36.4 Å². The van der Waals surface area contributed by atoms with Crippen molar-refractivity contribution in [3.05, 3.63) is 28.7 Å². The quantitative estimate of drug-likeness (QED) is 0.844. The van der Waals surface area contributed by atoms with Crippen LogP contribution in [-0.4, -0.2) is 67.6 Å². The number of piperazine rings is 1. The summed E-state index contributed by atoms with van der Waals surface area (Å²) in [5.74, 6) is 0.0679. The fraction of sp³-hybridized carbons (Fsp3) is 0.562. The van der Waals surface area contributed by atoms with Crippen LogP contribution in [0.15, 0.2) is 28.7 Å². The molecule has 1 amide bonds. The number of carbonyl (C=O) groups is 1. The van der Waals surface area contributed by atoms with Gasteiger partial charge in [-0.05, 0) is 37.2 Å². The summed E-state index contributed by atoms with van der Waals surface area (Å²) in [5.41, 5.74) is 0.851. The van der Waals surface area contributed by atoms with Crippen LogP contribution < -0.4 is 10.6 Å². The molecule has 0 bridgehead atoms. The molecule has 0 saturated carbocycles. The van der Waals surface area contributed by atoms with Gasteiger partial charge in [-0.2, -0.15) is 0 Å². The first-order chi connectivity index (χ1) is 10.7. The van der Waals surface area contributed by atoms with Gasteiger partial charge in [0.1, 0.15) is 0 Å². The van der Waals surface area contributed by atoms with E-state index in [1.165, 1.54) is 6.42 Å². The van der Waals surface area contributed by atoms with Gasteiger partial charge < -0.3 is 10.6 Å². The van der Waals surface area contributed by atoms with Crippen LogP contribution in [0.4, 0.5) is 5.69 Å². The van der Waals surface area contributed by atoms with Gasteiger partial charge in [-0.25, -0.2) is 0 Å². The molecule has 2 aliphatic rings. The molecule has 1 aromatic carbocycles. The predicted octanol–water partition coefficient (Wildman–Crippen LogP) is 1.37. The number of anilines is 1. The van der Waals surface area contributed by atoms with Crippen LogP contribution in [0.1, 0.15) is 6.42 Å². The molecule has 3 rings (SSSR count). The standard InChI is InChI=1S/C16H23BrN4O/c17-13-1-3-14(4-2-13)19-16(22)12-20-7-9-21(10-8-20)15-5-6-18-11-15/h1-4,15,18H,5-12H2,(H,19,22). The van der Waals surface area contributed by atoms with Crippen molar-refractivity contribution in [2.75, 3.05) is 51.1 Å². The average Bonchev–Trinajstić information content (AvgIpc) is 3.05. The highest BCUT2D eigenvalue weighted by molar-refractivity contribution is 9.10. The zero-order chi connectivity index (χ0) is 15.4. The first-order valence-electron chi connectivity index (χ1n) is 7.93. The average molecular weight is 367 g/mol. The second-order valence-corrected chi connectivity index (χ2v) is 6.93. The summed E-state index contributed by atoms with van der Waals surface area (Å²) in [4.78, 5) is 16.9. The van der Waals surface area contributed by atoms with E-state index < -0.39 is 0 Å². The summed E-state index contributed by atoms with van der Waals surface area (Å²) < 4.78 is 1.02. The van der Waals surface area contributed by atoms with Crippen molar-refractivity contribution >= 4 is 27.5 Å². The minimum atomic E-state index is 0.0679. The second-order valence-electron chi connectivity index (χ2n) is 6.01. The molecule has 2 heterocycles. The highest BCUT2D eigenvalue weighted by Crippen LogP contribution is 2.15. The third kappa shape index (κ3) is 4.29. The Bertz CT molecular complexity index is 493. The van der Waals surface area contributed by atoms with E-state index in [4.69, 9.17) is 0 Å². The molecule has 5 nitrogen and oxygen atoms in total. The smallest absolute Gasteiger partial charge is 0.238 e. The SMILES string of the molecule is O=C(CN1CCN(C2CCNC2)CC1)Nc1ccc(Br)cc1. The van der Waals surface area contributed by atoms with Crippen LogP contribution in [0.2, 0.25) is 0 Å². The molecule has 0 radical (unpaired) electrons. The predicted molar refractivity (Wildman–Crippen MR) is 92.1 cm³/mol. The third-order valence-corrected chi connectivity index (χ3v) is 4.98. The number of nitrogens with one attached hydrogen (secondary N) is 2. The van der Waals surface area contributed by atoms with Crippen LogP contribution in [-0.2, 0) is 4.79 Å². The maximum Gasteiger partial charge on any atom is 0.238 e. The topological polar surface area (TPSA) is 47.6 Å².